The normalized spacial score (nSPS) is 17.1. The zero-order valence-corrected chi connectivity index (χ0v) is 11.3. The van der Waals surface area contributed by atoms with Crippen LogP contribution in [0, 0.1) is 0 Å². The summed E-state index contributed by atoms with van der Waals surface area (Å²) in [5.41, 5.74) is -0.900. The average molecular weight is 249 g/mol. The fourth-order valence-electron chi connectivity index (χ4n) is 1.38. The van der Waals surface area contributed by atoms with Crippen molar-refractivity contribution in [2.45, 2.75) is 50.9 Å². The second-order valence-electron chi connectivity index (χ2n) is 4.57. The summed E-state index contributed by atoms with van der Waals surface area (Å²) in [6.07, 6.45) is 0.696. The molecular weight excluding hydrogens is 226 g/mol. The Morgan fingerprint density at radius 3 is 2.38 bits per heavy atom. The Morgan fingerprint density at radius 2 is 2.00 bits per heavy atom. The fraction of sp³-hybridized carbons (Fsp3) is 0.909. The highest BCUT2D eigenvalue weighted by atomic mass is 32.2. The van der Waals surface area contributed by atoms with Gasteiger partial charge in [0, 0.05) is 23.7 Å². The van der Waals surface area contributed by atoms with Gasteiger partial charge in [0.2, 0.25) is 0 Å². The number of hydrogen-bond donors (Lipinski definition) is 3. The third-order valence-electron chi connectivity index (χ3n) is 2.27. The predicted molar refractivity (Wildman–Crippen MR) is 67.9 cm³/mol. The first kappa shape index (κ1) is 15.7. The Labute approximate surface area is 102 Å². The molecule has 5 heteroatoms. The van der Waals surface area contributed by atoms with Crippen molar-refractivity contribution in [2.24, 2.45) is 0 Å². The van der Waals surface area contributed by atoms with E-state index in [9.17, 15) is 9.90 Å². The van der Waals surface area contributed by atoms with Gasteiger partial charge in [-0.3, -0.25) is 10.1 Å². The van der Waals surface area contributed by atoms with Crippen LogP contribution in [0.1, 0.15) is 34.1 Å². The molecule has 4 nitrogen and oxygen atoms in total. The summed E-state index contributed by atoms with van der Waals surface area (Å²) in [7, 11) is 0. The molecule has 0 aromatic heterocycles. The highest BCUT2D eigenvalue weighted by molar-refractivity contribution is 8.00. The van der Waals surface area contributed by atoms with E-state index in [1.54, 1.807) is 18.7 Å². The van der Waals surface area contributed by atoms with Crippen LogP contribution in [0.2, 0.25) is 0 Å². The molecule has 0 aliphatic carbocycles. The first-order valence-electron chi connectivity index (χ1n) is 5.55. The number of rotatable bonds is 8. The topological polar surface area (TPSA) is 69.6 Å². The van der Waals surface area contributed by atoms with Crippen molar-refractivity contribution < 1.29 is 15.0 Å². The molecule has 0 aliphatic rings. The SMILES string of the molecule is CC(C)NC(C)(CSC(C)CCO)C(=O)O. The zero-order valence-electron chi connectivity index (χ0n) is 10.5. The maximum Gasteiger partial charge on any atom is 0.324 e. The van der Waals surface area contributed by atoms with Crippen molar-refractivity contribution in [1.82, 2.24) is 5.32 Å². The molecule has 0 aromatic rings. The van der Waals surface area contributed by atoms with E-state index in [0.29, 0.717) is 12.2 Å². The van der Waals surface area contributed by atoms with Gasteiger partial charge in [-0.25, -0.2) is 0 Å². The molecule has 96 valence electrons. The van der Waals surface area contributed by atoms with Crippen molar-refractivity contribution in [3.05, 3.63) is 0 Å². The van der Waals surface area contributed by atoms with E-state index in [4.69, 9.17) is 5.11 Å². The molecule has 0 aliphatic heterocycles. The van der Waals surface area contributed by atoms with Crippen LogP contribution < -0.4 is 5.32 Å². The summed E-state index contributed by atoms with van der Waals surface area (Å²) in [5.74, 6) is -0.327. The van der Waals surface area contributed by atoms with Gasteiger partial charge in [-0.1, -0.05) is 6.92 Å². The van der Waals surface area contributed by atoms with E-state index in [2.05, 4.69) is 5.32 Å². The van der Waals surface area contributed by atoms with Gasteiger partial charge in [0.1, 0.15) is 5.54 Å². The molecular formula is C11H23NO3S. The van der Waals surface area contributed by atoms with Gasteiger partial charge in [0.15, 0.2) is 0 Å². The minimum absolute atomic E-state index is 0.134. The summed E-state index contributed by atoms with van der Waals surface area (Å²) in [6.45, 7) is 7.72. The molecule has 0 fully saturated rings. The summed E-state index contributed by atoms with van der Waals surface area (Å²) < 4.78 is 0. The number of hydrogen-bond acceptors (Lipinski definition) is 4. The minimum atomic E-state index is -0.900. The number of aliphatic hydroxyl groups excluding tert-OH is 1. The Hall–Kier alpha value is -0.260. The molecule has 0 saturated heterocycles. The molecule has 2 atom stereocenters. The van der Waals surface area contributed by atoms with Gasteiger partial charge >= 0.3 is 5.97 Å². The van der Waals surface area contributed by atoms with Crippen LogP contribution in [0.15, 0.2) is 0 Å². The molecule has 2 unspecified atom stereocenters. The van der Waals surface area contributed by atoms with E-state index >= 15 is 0 Å². The van der Waals surface area contributed by atoms with Crippen LogP contribution in [0.5, 0.6) is 0 Å². The van der Waals surface area contributed by atoms with Crippen LogP contribution in [0.25, 0.3) is 0 Å². The highest BCUT2D eigenvalue weighted by Gasteiger charge is 2.33. The molecule has 0 amide bonds. The number of aliphatic hydroxyl groups is 1. The van der Waals surface area contributed by atoms with E-state index in [1.165, 1.54) is 0 Å². The van der Waals surface area contributed by atoms with Gasteiger partial charge in [-0.15, -0.1) is 0 Å². The number of carboxylic acid groups (broad SMARTS) is 1. The number of carbonyl (C=O) groups is 1. The molecule has 0 bridgehead atoms. The van der Waals surface area contributed by atoms with E-state index < -0.39 is 11.5 Å². The Balaban J connectivity index is 4.28. The predicted octanol–water partition coefficient (Wildman–Crippen LogP) is 1.33. The van der Waals surface area contributed by atoms with Gasteiger partial charge in [0.05, 0.1) is 0 Å². The smallest absolute Gasteiger partial charge is 0.324 e. The fourth-order valence-corrected chi connectivity index (χ4v) is 2.47. The minimum Gasteiger partial charge on any atom is -0.480 e. The number of aliphatic carboxylic acids is 1. The summed E-state index contributed by atoms with van der Waals surface area (Å²) in [5, 5.41) is 21.3. The lowest BCUT2D eigenvalue weighted by atomic mass is 10.1. The summed E-state index contributed by atoms with van der Waals surface area (Å²) in [4.78, 5) is 11.2. The van der Waals surface area contributed by atoms with Gasteiger partial charge in [-0.2, -0.15) is 11.8 Å². The third-order valence-corrected chi connectivity index (χ3v) is 3.82. The maximum atomic E-state index is 11.2. The monoisotopic (exact) mass is 249 g/mol. The molecule has 0 saturated carbocycles. The maximum absolute atomic E-state index is 11.2. The lowest BCUT2D eigenvalue weighted by Crippen LogP contribution is -2.54. The van der Waals surface area contributed by atoms with E-state index in [1.807, 2.05) is 20.8 Å². The first-order valence-corrected chi connectivity index (χ1v) is 6.60. The first-order chi connectivity index (χ1) is 7.31. The van der Waals surface area contributed by atoms with Crippen LogP contribution >= 0.6 is 11.8 Å². The van der Waals surface area contributed by atoms with Crippen molar-refractivity contribution in [3.8, 4) is 0 Å². The van der Waals surface area contributed by atoms with Crippen LogP contribution in [-0.2, 0) is 4.79 Å². The van der Waals surface area contributed by atoms with Crippen molar-refractivity contribution in [1.29, 1.82) is 0 Å². The standard InChI is InChI=1S/C11H23NO3S/c1-8(2)12-11(4,10(14)15)7-16-9(3)5-6-13/h8-9,12-13H,5-7H2,1-4H3,(H,14,15). The van der Waals surface area contributed by atoms with E-state index in [-0.39, 0.29) is 17.9 Å². The van der Waals surface area contributed by atoms with Gasteiger partial charge < -0.3 is 10.2 Å². The van der Waals surface area contributed by atoms with Crippen LogP contribution in [0.3, 0.4) is 0 Å². The van der Waals surface area contributed by atoms with Gasteiger partial charge in [0.25, 0.3) is 0 Å². The lowest BCUT2D eigenvalue weighted by Gasteiger charge is -2.29. The number of carboxylic acids is 1. The number of nitrogens with one attached hydrogen (secondary N) is 1. The van der Waals surface area contributed by atoms with Gasteiger partial charge in [-0.05, 0) is 27.2 Å². The quantitative estimate of drug-likeness (QED) is 0.605. The number of thioether (sulfide) groups is 1. The highest BCUT2D eigenvalue weighted by Crippen LogP contribution is 2.20. The van der Waals surface area contributed by atoms with Crippen molar-refractivity contribution in [2.75, 3.05) is 12.4 Å². The zero-order chi connectivity index (χ0) is 12.8. The second kappa shape index (κ2) is 7.14. The molecule has 0 rings (SSSR count). The van der Waals surface area contributed by atoms with Crippen LogP contribution in [0.4, 0.5) is 0 Å². The molecule has 0 radical (unpaired) electrons. The van der Waals surface area contributed by atoms with Crippen molar-refractivity contribution >= 4 is 17.7 Å². The Bertz CT molecular complexity index is 223. The molecule has 0 aromatic carbocycles. The van der Waals surface area contributed by atoms with Crippen LogP contribution in [-0.4, -0.2) is 45.4 Å². The largest absolute Gasteiger partial charge is 0.480 e. The molecule has 0 spiro atoms. The molecule has 3 N–H and O–H groups in total. The Kier molecular flexibility index (Phi) is 7.03. The Morgan fingerprint density at radius 1 is 1.44 bits per heavy atom. The van der Waals surface area contributed by atoms with E-state index in [0.717, 1.165) is 0 Å². The lowest BCUT2D eigenvalue weighted by molar-refractivity contribution is -0.143. The van der Waals surface area contributed by atoms with Crippen molar-refractivity contribution in [3.63, 3.8) is 0 Å². The average Bonchev–Trinajstić information content (AvgIpc) is 2.14. The second-order valence-corrected chi connectivity index (χ2v) is 6.00. The third kappa shape index (κ3) is 5.72. The summed E-state index contributed by atoms with van der Waals surface area (Å²) >= 11 is 1.57. The summed E-state index contributed by atoms with van der Waals surface area (Å²) in [6, 6.07) is 0.134. The molecule has 16 heavy (non-hydrogen) atoms. The molecule has 0 heterocycles.